The van der Waals surface area contributed by atoms with Crippen LogP contribution in [-0.4, -0.2) is 21.2 Å². The number of benzene rings is 1. The lowest BCUT2D eigenvalue weighted by molar-refractivity contribution is 0.256. The zero-order chi connectivity index (χ0) is 15.8. The minimum Gasteiger partial charge on any atom is -0.490 e. The summed E-state index contributed by atoms with van der Waals surface area (Å²) in [5, 5.41) is 4.48. The van der Waals surface area contributed by atoms with E-state index in [-0.39, 0.29) is 0 Å². The molecule has 0 spiro atoms. The number of rotatable bonds is 2. The third-order valence-electron chi connectivity index (χ3n) is 3.97. The van der Waals surface area contributed by atoms with Crippen LogP contribution in [0.25, 0.3) is 22.5 Å². The molecule has 3 aromatic rings. The Bertz CT molecular complexity index is 911. The van der Waals surface area contributed by atoms with E-state index in [1.54, 1.807) is 4.52 Å². The van der Waals surface area contributed by atoms with Crippen molar-refractivity contribution in [2.45, 2.75) is 19.8 Å². The van der Waals surface area contributed by atoms with Crippen LogP contribution in [-0.2, 0) is 4.74 Å². The number of fused-ring (bicyclic) bond motifs is 1. The summed E-state index contributed by atoms with van der Waals surface area (Å²) in [6, 6.07) is 12.3. The van der Waals surface area contributed by atoms with Gasteiger partial charge in [0.05, 0.1) is 6.61 Å². The van der Waals surface area contributed by atoms with E-state index < -0.39 is 0 Å². The zero-order valence-electron chi connectivity index (χ0n) is 13.0. The smallest absolute Gasteiger partial charge is 0.217 e. The second kappa shape index (κ2) is 5.43. The van der Waals surface area contributed by atoms with Crippen LogP contribution in [0.1, 0.15) is 24.2 Å². The van der Waals surface area contributed by atoms with Crippen LogP contribution in [0.5, 0.6) is 0 Å². The van der Waals surface area contributed by atoms with Crippen LogP contribution in [0.3, 0.4) is 0 Å². The molecular formula is C18H18N4O. The Morgan fingerprint density at radius 3 is 2.87 bits per heavy atom. The number of anilines is 1. The van der Waals surface area contributed by atoms with Gasteiger partial charge in [-0.3, -0.25) is 0 Å². The fourth-order valence-corrected chi connectivity index (χ4v) is 2.82. The van der Waals surface area contributed by atoms with Gasteiger partial charge in [-0.1, -0.05) is 29.8 Å². The minimum absolute atomic E-state index is 0.564. The van der Waals surface area contributed by atoms with Crippen molar-refractivity contribution in [1.29, 1.82) is 0 Å². The highest BCUT2D eigenvalue weighted by atomic mass is 16.5. The van der Waals surface area contributed by atoms with Crippen molar-refractivity contribution in [1.82, 2.24) is 14.6 Å². The lowest BCUT2D eigenvalue weighted by Crippen LogP contribution is -2.02. The van der Waals surface area contributed by atoms with Gasteiger partial charge in [0.1, 0.15) is 5.82 Å². The molecular weight excluding hydrogens is 288 g/mol. The molecule has 23 heavy (non-hydrogen) atoms. The number of ether oxygens (including phenoxy) is 1. The van der Waals surface area contributed by atoms with Gasteiger partial charge in [-0.2, -0.15) is 4.52 Å². The fraction of sp³-hybridized carbons (Fsp3) is 0.222. The maximum absolute atomic E-state index is 6.18. The summed E-state index contributed by atoms with van der Waals surface area (Å²) in [6.07, 6.45) is 4.07. The fourth-order valence-electron chi connectivity index (χ4n) is 2.82. The number of pyridine rings is 1. The molecule has 0 atom stereocenters. The first kappa shape index (κ1) is 13.8. The summed E-state index contributed by atoms with van der Waals surface area (Å²) in [5.74, 6) is 1.91. The monoisotopic (exact) mass is 306 g/mol. The lowest BCUT2D eigenvalue weighted by Gasteiger charge is -2.11. The van der Waals surface area contributed by atoms with Gasteiger partial charge in [0.2, 0.25) is 5.82 Å². The van der Waals surface area contributed by atoms with Gasteiger partial charge in [0.15, 0.2) is 11.4 Å². The number of aryl methyl sites for hydroxylation is 1. The Balaban J connectivity index is 1.82. The van der Waals surface area contributed by atoms with E-state index >= 15 is 0 Å². The molecule has 0 radical (unpaired) electrons. The van der Waals surface area contributed by atoms with Crippen molar-refractivity contribution >= 4 is 17.2 Å². The van der Waals surface area contributed by atoms with Crippen molar-refractivity contribution in [2.75, 3.05) is 12.3 Å². The van der Waals surface area contributed by atoms with Crippen molar-refractivity contribution in [2.24, 2.45) is 0 Å². The molecule has 2 aromatic heterocycles. The quantitative estimate of drug-likeness (QED) is 0.787. The summed E-state index contributed by atoms with van der Waals surface area (Å²) in [6.45, 7) is 2.79. The molecule has 0 fully saturated rings. The van der Waals surface area contributed by atoms with Crippen molar-refractivity contribution in [3.05, 3.63) is 53.9 Å². The van der Waals surface area contributed by atoms with Gasteiger partial charge < -0.3 is 10.5 Å². The third kappa shape index (κ3) is 2.54. The molecule has 0 bridgehead atoms. The number of nitrogen functional groups attached to an aromatic ring is 1. The van der Waals surface area contributed by atoms with E-state index in [1.165, 1.54) is 5.56 Å². The summed E-state index contributed by atoms with van der Waals surface area (Å²) in [5.41, 5.74) is 10.3. The first-order chi connectivity index (χ1) is 11.2. The van der Waals surface area contributed by atoms with Gasteiger partial charge in [0.25, 0.3) is 0 Å². The second-order valence-electron chi connectivity index (χ2n) is 5.80. The maximum atomic E-state index is 6.18. The first-order valence-electron chi connectivity index (χ1n) is 7.77. The second-order valence-corrected chi connectivity index (χ2v) is 5.80. The van der Waals surface area contributed by atoms with Crippen molar-refractivity contribution in [3.63, 3.8) is 0 Å². The molecule has 1 aliphatic rings. The molecule has 4 rings (SSSR count). The van der Waals surface area contributed by atoms with E-state index in [9.17, 15) is 0 Å². The van der Waals surface area contributed by atoms with Gasteiger partial charge >= 0.3 is 0 Å². The Kier molecular flexibility index (Phi) is 3.26. The summed E-state index contributed by atoms with van der Waals surface area (Å²) < 4.78 is 7.31. The molecule has 0 saturated heterocycles. The molecule has 2 N–H and O–H groups in total. The van der Waals surface area contributed by atoms with Crippen LogP contribution < -0.4 is 5.73 Å². The van der Waals surface area contributed by atoms with E-state index in [0.717, 1.165) is 35.4 Å². The highest BCUT2D eigenvalue weighted by Crippen LogP contribution is 2.26. The first-order valence-corrected chi connectivity index (χ1v) is 7.77. The molecule has 5 heteroatoms. The maximum Gasteiger partial charge on any atom is 0.217 e. The summed E-state index contributed by atoms with van der Waals surface area (Å²) >= 11 is 0. The largest absolute Gasteiger partial charge is 0.490 e. The molecule has 0 unspecified atom stereocenters. The molecule has 0 saturated carbocycles. The van der Waals surface area contributed by atoms with E-state index in [0.29, 0.717) is 18.2 Å². The van der Waals surface area contributed by atoms with E-state index in [1.807, 2.05) is 24.3 Å². The Morgan fingerprint density at radius 2 is 2.09 bits per heavy atom. The number of nitrogens with zero attached hydrogens (tertiary/aromatic N) is 3. The number of allylic oxidation sites excluding steroid dienone is 1. The standard InChI is InChI=1S/C18H18N4O/c1-12-5-4-6-13(9-12)14-10-16(19)22-17(11-14)20-18(21-22)15-7-2-3-8-23-15/h4-7,9-11H,2-3,8,19H2,1H3. The highest BCUT2D eigenvalue weighted by Gasteiger charge is 2.15. The van der Waals surface area contributed by atoms with Crippen LogP contribution in [0.2, 0.25) is 0 Å². The molecule has 0 aliphatic carbocycles. The van der Waals surface area contributed by atoms with Gasteiger partial charge in [-0.05, 0) is 49.1 Å². The predicted octanol–water partition coefficient (Wildman–Crippen LogP) is 3.44. The van der Waals surface area contributed by atoms with Gasteiger partial charge in [-0.25, -0.2) is 4.98 Å². The molecule has 5 nitrogen and oxygen atoms in total. The lowest BCUT2D eigenvalue weighted by atomic mass is 10.0. The minimum atomic E-state index is 0.564. The Labute approximate surface area is 134 Å². The summed E-state index contributed by atoms with van der Waals surface area (Å²) in [7, 11) is 0. The van der Waals surface area contributed by atoms with Crippen LogP contribution in [0, 0.1) is 6.92 Å². The molecule has 1 aromatic carbocycles. The molecule has 0 amide bonds. The molecule has 3 heterocycles. The average molecular weight is 306 g/mol. The SMILES string of the molecule is Cc1cccc(-c2cc(N)n3nc(C4=CCCCO4)nc3c2)c1. The van der Waals surface area contributed by atoms with E-state index in [4.69, 9.17) is 10.5 Å². The van der Waals surface area contributed by atoms with Crippen molar-refractivity contribution < 1.29 is 4.74 Å². The topological polar surface area (TPSA) is 65.4 Å². The molecule has 1 aliphatic heterocycles. The molecule has 116 valence electrons. The van der Waals surface area contributed by atoms with Gasteiger partial charge in [0, 0.05) is 0 Å². The number of hydrogen-bond donors (Lipinski definition) is 1. The van der Waals surface area contributed by atoms with Crippen LogP contribution in [0.15, 0.2) is 42.5 Å². The number of nitrogens with two attached hydrogens (primary N) is 1. The number of aromatic nitrogens is 3. The van der Waals surface area contributed by atoms with E-state index in [2.05, 4.69) is 35.2 Å². The number of hydrogen-bond acceptors (Lipinski definition) is 4. The highest BCUT2D eigenvalue weighted by molar-refractivity contribution is 5.72. The Morgan fingerprint density at radius 1 is 1.17 bits per heavy atom. The van der Waals surface area contributed by atoms with Crippen LogP contribution >= 0.6 is 0 Å². The van der Waals surface area contributed by atoms with Gasteiger partial charge in [-0.15, -0.1) is 5.10 Å². The normalized spacial score (nSPS) is 14.6. The predicted molar refractivity (Wildman–Crippen MR) is 90.7 cm³/mol. The Hall–Kier alpha value is -2.82. The van der Waals surface area contributed by atoms with Crippen molar-refractivity contribution in [3.8, 4) is 11.1 Å². The third-order valence-corrected chi connectivity index (χ3v) is 3.97. The average Bonchev–Trinajstić information content (AvgIpc) is 3.00. The van der Waals surface area contributed by atoms with Crippen LogP contribution in [0.4, 0.5) is 5.82 Å². The zero-order valence-corrected chi connectivity index (χ0v) is 13.0. The summed E-state index contributed by atoms with van der Waals surface area (Å²) in [4.78, 5) is 4.58.